The number of ether oxygens (including phenoxy) is 1. The first-order valence-electron chi connectivity index (χ1n) is 9.24. The van der Waals surface area contributed by atoms with Crippen LogP contribution in [-0.4, -0.2) is 90.9 Å². The third-order valence-electron chi connectivity index (χ3n) is 4.34. The van der Waals surface area contributed by atoms with Crippen LogP contribution in [0.1, 0.15) is 23.5 Å². The highest BCUT2D eigenvalue weighted by Crippen LogP contribution is 2.14. The highest BCUT2D eigenvalue weighted by molar-refractivity contribution is 7.12. The summed E-state index contributed by atoms with van der Waals surface area (Å²) in [7, 11) is 0. The summed E-state index contributed by atoms with van der Waals surface area (Å²) in [5.41, 5.74) is 0. The van der Waals surface area contributed by atoms with E-state index >= 15 is 0 Å². The lowest BCUT2D eigenvalue weighted by Gasteiger charge is -2.35. The molecule has 0 radical (unpaired) electrons. The second-order valence-corrected chi connectivity index (χ2v) is 7.17. The van der Waals surface area contributed by atoms with Crippen molar-refractivity contribution in [2.45, 2.75) is 13.8 Å². The third-order valence-corrected chi connectivity index (χ3v) is 5.20. The van der Waals surface area contributed by atoms with E-state index in [0.717, 1.165) is 0 Å². The molecule has 1 aromatic rings. The van der Waals surface area contributed by atoms with E-state index in [9.17, 15) is 19.2 Å². The number of alkyl carbamates (subject to hydrolysis) is 1. The third kappa shape index (κ3) is 6.31. The Balaban J connectivity index is 1.78. The number of carbonyl (C=O) groups excluding carboxylic acids is 4. The van der Waals surface area contributed by atoms with Gasteiger partial charge in [-0.3, -0.25) is 24.6 Å². The molecule has 2 rings (SSSR count). The molecule has 2 heterocycles. The molecule has 4 amide bonds. The van der Waals surface area contributed by atoms with Crippen LogP contribution in [0.3, 0.4) is 0 Å². The molecular formula is C18H26N4O5S. The Hall–Kier alpha value is -2.46. The topological polar surface area (TPSA) is 99.3 Å². The SMILES string of the molecule is CCOC(=O)NC(=O)CN(CC)CC(=O)N1CCN(C(=O)c2cccs2)CC1. The fraction of sp³-hybridized carbons (Fsp3) is 0.556. The van der Waals surface area contributed by atoms with E-state index in [-0.39, 0.29) is 31.5 Å². The van der Waals surface area contributed by atoms with Crippen LogP contribution in [-0.2, 0) is 14.3 Å². The first kappa shape index (κ1) is 21.8. The van der Waals surface area contributed by atoms with Crippen LogP contribution in [0, 0.1) is 0 Å². The number of carbonyl (C=O) groups is 4. The summed E-state index contributed by atoms with van der Waals surface area (Å²) in [5.74, 6) is -0.624. The summed E-state index contributed by atoms with van der Waals surface area (Å²) in [5, 5.41) is 3.99. The molecule has 0 atom stereocenters. The second kappa shape index (κ2) is 10.8. The summed E-state index contributed by atoms with van der Waals surface area (Å²) < 4.78 is 4.66. The smallest absolute Gasteiger partial charge is 0.413 e. The molecule has 1 aromatic heterocycles. The number of nitrogens with one attached hydrogen (secondary N) is 1. The van der Waals surface area contributed by atoms with Crippen LogP contribution in [0.2, 0.25) is 0 Å². The Morgan fingerprint density at radius 1 is 1.11 bits per heavy atom. The molecule has 0 unspecified atom stereocenters. The average molecular weight is 410 g/mol. The molecule has 0 bridgehead atoms. The number of hydrogen-bond acceptors (Lipinski definition) is 7. The minimum absolute atomic E-state index is 0.00656. The van der Waals surface area contributed by atoms with Gasteiger partial charge >= 0.3 is 6.09 Å². The minimum atomic E-state index is -0.790. The number of rotatable bonds is 7. The lowest BCUT2D eigenvalue weighted by atomic mass is 10.2. The Morgan fingerprint density at radius 3 is 2.36 bits per heavy atom. The van der Waals surface area contributed by atoms with Gasteiger partial charge in [0.15, 0.2) is 0 Å². The molecule has 0 spiro atoms. The van der Waals surface area contributed by atoms with E-state index < -0.39 is 12.0 Å². The van der Waals surface area contributed by atoms with Crippen molar-refractivity contribution in [1.29, 1.82) is 0 Å². The standard InChI is InChI=1S/C18H26N4O5S/c1-3-20(12-15(23)19-18(26)27-4-2)13-16(24)21-7-9-22(10-8-21)17(25)14-6-5-11-28-14/h5-6,11H,3-4,7-10,12-13H2,1-2H3,(H,19,23,26). The minimum Gasteiger partial charge on any atom is -0.450 e. The maximum absolute atomic E-state index is 12.5. The van der Waals surface area contributed by atoms with E-state index in [2.05, 4.69) is 10.1 Å². The van der Waals surface area contributed by atoms with E-state index in [1.54, 1.807) is 27.7 Å². The van der Waals surface area contributed by atoms with Gasteiger partial charge < -0.3 is 14.5 Å². The van der Waals surface area contributed by atoms with E-state index in [0.29, 0.717) is 37.6 Å². The van der Waals surface area contributed by atoms with Crippen LogP contribution in [0.4, 0.5) is 4.79 Å². The van der Waals surface area contributed by atoms with E-state index in [1.807, 2.05) is 18.4 Å². The predicted octanol–water partition coefficient (Wildman–Crippen LogP) is 0.627. The normalized spacial score (nSPS) is 14.1. The molecule has 1 saturated heterocycles. The first-order chi connectivity index (χ1) is 13.4. The average Bonchev–Trinajstić information content (AvgIpc) is 3.21. The molecule has 0 saturated carbocycles. The van der Waals surface area contributed by atoms with Gasteiger partial charge in [-0.25, -0.2) is 4.79 Å². The number of imide groups is 1. The lowest BCUT2D eigenvalue weighted by Crippen LogP contribution is -2.53. The molecule has 0 aliphatic carbocycles. The van der Waals surface area contributed by atoms with Gasteiger partial charge in [-0.15, -0.1) is 11.3 Å². The zero-order valence-electron chi connectivity index (χ0n) is 16.2. The first-order valence-corrected chi connectivity index (χ1v) is 10.1. The number of likely N-dealkylation sites (N-methyl/N-ethyl adjacent to an activating group) is 1. The monoisotopic (exact) mass is 410 g/mol. The maximum Gasteiger partial charge on any atom is 0.413 e. The summed E-state index contributed by atoms with van der Waals surface area (Å²) in [6, 6.07) is 3.64. The molecule has 9 nitrogen and oxygen atoms in total. The highest BCUT2D eigenvalue weighted by Gasteiger charge is 2.26. The second-order valence-electron chi connectivity index (χ2n) is 6.22. The molecular weight excluding hydrogens is 384 g/mol. The van der Waals surface area contributed by atoms with Gasteiger partial charge in [0.25, 0.3) is 5.91 Å². The molecule has 28 heavy (non-hydrogen) atoms. The largest absolute Gasteiger partial charge is 0.450 e. The summed E-state index contributed by atoms with van der Waals surface area (Å²) in [4.78, 5) is 53.8. The summed E-state index contributed by atoms with van der Waals surface area (Å²) in [6.45, 7) is 6.04. The van der Waals surface area contributed by atoms with Crippen molar-refractivity contribution in [1.82, 2.24) is 20.0 Å². The number of thiophene rings is 1. The molecule has 1 N–H and O–H groups in total. The van der Waals surface area contributed by atoms with Gasteiger partial charge in [0.05, 0.1) is 24.6 Å². The van der Waals surface area contributed by atoms with Crippen molar-refractivity contribution >= 4 is 35.2 Å². The van der Waals surface area contributed by atoms with Gasteiger partial charge in [-0.2, -0.15) is 0 Å². The van der Waals surface area contributed by atoms with Crippen LogP contribution in [0.15, 0.2) is 17.5 Å². The van der Waals surface area contributed by atoms with E-state index in [4.69, 9.17) is 0 Å². The van der Waals surface area contributed by atoms with Crippen molar-refractivity contribution in [2.75, 3.05) is 52.4 Å². The molecule has 1 aliphatic rings. The van der Waals surface area contributed by atoms with Crippen LogP contribution >= 0.6 is 11.3 Å². The van der Waals surface area contributed by atoms with Gasteiger partial charge in [-0.05, 0) is 24.9 Å². The van der Waals surface area contributed by atoms with Gasteiger partial charge in [0.2, 0.25) is 11.8 Å². The number of hydrogen-bond donors (Lipinski definition) is 1. The Kier molecular flexibility index (Phi) is 8.40. The van der Waals surface area contributed by atoms with Crippen LogP contribution in [0.25, 0.3) is 0 Å². The quantitative estimate of drug-likeness (QED) is 0.708. The molecule has 0 aromatic carbocycles. The predicted molar refractivity (Wildman–Crippen MR) is 104 cm³/mol. The molecule has 10 heteroatoms. The Labute approximate surface area is 168 Å². The van der Waals surface area contributed by atoms with Crippen molar-refractivity contribution in [3.8, 4) is 0 Å². The maximum atomic E-state index is 12.5. The summed E-state index contributed by atoms with van der Waals surface area (Å²) >= 11 is 1.41. The van der Waals surface area contributed by atoms with Crippen molar-refractivity contribution in [3.05, 3.63) is 22.4 Å². The van der Waals surface area contributed by atoms with E-state index in [1.165, 1.54) is 11.3 Å². The number of amides is 4. The van der Waals surface area contributed by atoms with Gasteiger partial charge in [0.1, 0.15) is 0 Å². The van der Waals surface area contributed by atoms with Crippen molar-refractivity contribution in [2.24, 2.45) is 0 Å². The van der Waals surface area contributed by atoms with Gasteiger partial charge in [-0.1, -0.05) is 13.0 Å². The van der Waals surface area contributed by atoms with Crippen molar-refractivity contribution < 1.29 is 23.9 Å². The van der Waals surface area contributed by atoms with Gasteiger partial charge in [0, 0.05) is 26.2 Å². The molecule has 154 valence electrons. The van der Waals surface area contributed by atoms with Crippen LogP contribution < -0.4 is 5.32 Å². The highest BCUT2D eigenvalue weighted by atomic mass is 32.1. The zero-order valence-corrected chi connectivity index (χ0v) is 17.0. The fourth-order valence-corrected chi connectivity index (χ4v) is 3.50. The van der Waals surface area contributed by atoms with Crippen LogP contribution in [0.5, 0.6) is 0 Å². The fourth-order valence-electron chi connectivity index (χ4n) is 2.81. The number of nitrogens with zero attached hydrogens (tertiary/aromatic N) is 3. The Bertz CT molecular complexity index is 686. The molecule has 1 fully saturated rings. The zero-order chi connectivity index (χ0) is 20.5. The Morgan fingerprint density at radius 2 is 1.79 bits per heavy atom. The van der Waals surface area contributed by atoms with Crippen molar-refractivity contribution in [3.63, 3.8) is 0 Å². The number of piperazine rings is 1. The summed E-state index contributed by atoms with van der Waals surface area (Å²) in [6.07, 6.45) is -0.790. The molecule has 1 aliphatic heterocycles. The lowest BCUT2D eigenvalue weighted by molar-refractivity contribution is -0.134.